The van der Waals surface area contributed by atoms with Crippen molar-refractivity contribution in [3.63, 3.8) is 0 Å². The standard InChI is InChI=1S/C19H15Cl2FN6O/c20-11-2-1-3-12(22)15(11)19-24-13-9-23-14(28-4-6-29-7-5-28)8-10(13)16-17(25-19)18(21)27-26-16/h1-3,8-9H,4-7H2,(H,24,25)(H,26,27). The summed E-state index contributed by atoms with van der Waals surface area (Å²) in [5.74, 6) is 0.537. The van der Waals surface area contributed by atoms with Gasteiger partial charge in [0, 0.05) is 18.7 Å². The van der Waals surface area contributed by atoms with Crippen molar-refractivity contribution in [1.29, 1.82) is 0 Å². The Balaban J connectivity index is 1.66. The summed E-state index contributed by atoms with van der Waals surface area (Å²) in [6.45, 7) is 2.80. The normalized spacial score (nSPS) is 15.8. The second-order valence-electron chi connectivity index (χ2n) is 6.60. The largest absolute Gasteiger partial charge is 0.378 e. The molecule has 0 saturated carbocycles. The maximum absolute atomic E-state index is 14.6. The Morgan fingerprint density at radius 2 is 2.00 bits per heavy atom. The number of nitrogens with zero attached hydrogens (tertiary/aromatic N) is 4. The lowest BCUT2D eigenvalue weighted by molar-refractivity contribution is 0.122. The third-order valence-corrected chi connectivity index (χ3v) is 5.43. The molecule has 7 nitrogen and oxygen atoms in total. The highest BCUT2D eigenvalue weighted by Gasteiger charge is 2.26. The summed E-state index contributed by atoms with van der Waals surface area (Å²) in [5.41, 5.74) is 2.50. The molecular formula is C19H15Cl2FN6O. The number of halogens is 3. The first kappa shape index (κ1) is 18.4. The molecule has 2 aliphatic rings. The monoisotopic (exact) mass is 432 g/mol. The van der Waals surface area contributed by atoms with Gasteiger partial charge in [0.1, 0.15) is 28.9 Å². The van der Waals surface area contributed by atoms with Gasteiger partial charge in [0.25, 0.3) is 0 Å². The second kappa shape index (κ2) is 7.29. The van der Waals surface area contributed by atoms with Crippen molar-refractivity contribution in [1.82, 2.24) is 15.2 Å². The summed E-state index contributed by atoms with van der Waals surface area (Å²) < 4.78 is 20.0. The molecule has 4 heterocycles. The van der Waals surface area contributed by atoms with Crippen molar-refractivity contribution in [3.05, 3.63) is 52.0 Å². The lowest BCUT2D eigenvalue weighted by atomic mass is 10.1. The number of benzene rings is 1. The van der Waals surface area contributed by atoms with Crippen LogP contribution in [0.4, 0.5) is 21.6 Å². The van der Waals surface area contributed by atoms with E-state index < -0.39 is 5.82 Å². The molecule has 148 valence electrons. The summed E-state index contributed by atoms with van der Waals surface area (Å²) >= 11 is 12.6. The molecule has 5 rings (SSSR count). The van der Waals surface area contributed by atoms with E-state index in [2.05, 4.69) is 30.4 Å². The van der Waals surface area contributed by atoms with Crippen LogP contribution in [0.25, 0.3) is 11.3 Å². The van der Waals surface area contributed by atoms with E-state index in [1.54, 1.807) is 18.3 Å². The zero-order chi connectivity index (χ0) is 20.0. The zero-order valence-electron chi connectivity index (χ0n) is 15.0. The summed E-state index contributed by atoms with van der Waals surface area (Å²) in [7, 11) is 0. The molecule has 10 heteroatoms. The van der Waals surface area contributed by atoms with Gasteiger partial charge in [-0.2, -0.15) is 5.10 Å². The fourth-order valence-electron chi connectivity index (χ4n) is 3.42. The van der Waals surface area contributed by atoms with Gasteiger partial charge in [-0.3, -0.25) is 5.10 Å². The van der Waals surface area contributed by atoms with Crippen LogP contribution in [0, 0.1) is 5.82 Å². The first-order valence-corrected chi connectivity index (χ1v) is 9.74. The van der Waals surface area contributed by atoms with Crippen molar-refractivity contribution in [3.8, 4) is 11.3 Å². The van der Waals surface area contributed by atoms with Gasteiger partial charge < -0.3 is 15.0 Å². The molecule has 1 fully saturated rings. The highest BCUT2D eigenvalue weighted by atomic mass is 35.5. The molecule has 0 spiro atoms. The minimum Gasteiger partial charge on any atom is -0.378 e. The van der Waals surface area contributed by atoms with Gasteiger partial charge in [0.2, 0.25) is 0 Å². The minimum absolute atomic E-state index is 0.155. The molecule has 0 amide bonds. The zero-order valence-corrected chi connectivity index (χ0v) is 16.6. The first-order valence-electron chi connectivity index (χ1n) is 8.99. The number of morpholine rings is 1. The average Bonchev–Trinajstić information content (AvgIpc) is 3.00. The fourth-order valence-corrected chi connectivity index (χ4v) is 3.85. The third kappa shape index (κ3) is 3.23. The van der Waals surface area contributed by atoms with Crippen LogP contribution in [0.1, 0.15) is 5.56 Å². The van der Waals surface area contributed by atoms with Gasteiger partial charge in [-0.25, -0.2) is 14.4 Å². The van der Waals surface area contributed by atoms with Crippen molar-refractivity contribution in [2.24, 2.45) is 4.99 Å². The van der Waals surface area contributed by atoms with Crippen LogP contribution in [0.2, 0.25) is 10.2 Å². The van der Waals surface area contributed by atoms with Gasteiger partial charge in [-0.15, -0.1) is 0 Å². The van der Waals surface area contributed by atoms with Crippen LogP contribution < -0.4 is 10.2 Å². The molecule has 3 aromatic rings. The molecule has 0 bridgehead atoms. The number of H-pyrrole nitrogens is 1. The maximum atomic E-state index is 14.6. The van der Waals surface area contributed by atoms with Gasteiger partial charge in [-0.05, 0) is 18.2 Å². The smallest absolute Gasteiger partial charge is 0.150 e. The van der Waals surface area contributed by atoms with Crippen LogP contribution >= 0.6 is 23.2 Å². The molecule has 1 aromatic carbocycles. The van der Waals surface area contributed by atoms with Gasteiger partial charge in [0.05, 0.1) is 35.7 Å². The van der Waals surface area contributed by atoms with Crippen molar-refractivity contribution in [2.75, 3.05) is 36.5 Å². The van der Waals surface area contributed by atoms with Crippen molar-refractivity contribution >= 4 is 46.2 Å². The summed E-state index contributed by atoms with van der Waals surface area (Å²) in [6.07, 6.45) is 1.68. The molecule has 29 heavy (non-hydrogen) atoms. The Labute approximate surface area is 175 Å². The number of fused-ring (bicyclic) bond motifs is 3. The van der Waals surface area contributed by atoms with E-state index in [-0.39, 0.29) is 21.6 Å². The van der Waals surface area contributed by atoms with E-state index in [9.17, 15) is 4.39 Å². The Morgan fingerprint density at radius 1 is 1.17 bits per heavy atom. The van der Waals surface area contributed by atoms with Crippen LogP contribution in [0.5, 0.6) is 0 Å². The molecule has 0 atom stereocenters. The third-order valence-electron chi connectivity index (χ3n) is 4.85. The molecule has 0 radical (unpaired) electrons. The number of aromatic nitrogens is 3. The summed E-state index contributed by atoms with van der Waals surface area (Å²) in [6, 6.07) is 6.40. The molecule has 0 aliphatic carbocycles. The number of nitrogens with one attached hydrogen (secondary N) is 2. The topological polar surface area (TPSA) is 78.4 Å². The van der Waals surface area contributed by atoms with E-state index in [4.69, 9.17) is 27.9 Å². The van der Waals surface area contributed by atoms with E-state index in [0.29, 0.717) is 30.3 Å². The number of hydrogen-bond donors (Lipinski definition) is 2. The minimum atomic E-state index is -0.494. The average molecular weight is 433 g/mol. The van der Waals surface area contributed by atoms with Crippen molar-refractivity contribution < 1.29 is 9.13 Å². The lowest BCUT2D eigenvalue weighted by Gasteiger charge is -2.28. The number of aromatic amines is 1. The predicted octanol–water partition coefficient (Wildman–Crippen LogP) is 4.26. The number of aliphatic imine (C=N–C) groups is 1. The lowest BCUT2D eigenvalue weighted by Crippen LogP contribution is -2.36. The number of amidine groups is 1. The van der Waals surface area contributed by atoms with E-state index >= 15 is 0 Å². The van der Waals surface area contributed by atoms with Crippen LogP contribution in [-0.2, 0) is 4.74 Å². The first-order chi connectivity index (χ1) is 14.1. The van der Waals surface area contributed by atoms with E-state index in [1.807, 2.05) is 6.07 Å². The number of hydrogen-bond acceptors (Lipinski definition) is 6. The number of pyridine rings is 1. The Bertz CT molecular complexity index is 1110. The van der Waals surface area contributed by atoms with Crippen molar-refractivity contribution in [2.45, 2.75) is 0 Å². The van der Waals surface area contributed by atoms with Gasteiger partial charge >= 0.3 is 0 Å². The van der Waals surface area contributed by atoms with E-state index in [0.717, 1.165) is 24.5 Å². The van der Waals surface area contributed by atoms with Gasteiger partial charge in [0.15, 0.2) is 5.15 Å². The SMILES string of the molecule is Fc1cccc(Cl)c1C1=Nc2c(n[nH]c2Cl)-c2cc(N3CCOCC3)ncc2N1. The van der Waals surface area contributed by atoms with Crippen LogP contribution in [0.3, 0.4) is 0 Å². The Morgan fingerprint density at radius 3 is 2.79 bits per heavy atom. The molecule has 0 unspecified atom stereocenters. The van der Waals surface area contributed by atoms with Crippen LogP contribution in [0.15, 0.2) is 35.5 Å². The number of ether oxygens (including phenoxy) is 1. The molecule has 2 N–H and O–H groups in total. The molecule has 1 saturated heterocycles. The Kier molecular flexibility index (Phi) is 4.61. The van der Waals surface area contributed by atoms with Crippen LogP contribution in [-0.4, -0.2) is 47.3 Å². The second-order valence-corrected chi connectivity index (χ2v) is 7.39. The highest BCUT2D eigenvalue weighted by Crippen LogP contribution is 2.42. The highest BCUT2D eigenvalue weighted by molar-refractivity contribution is 6.36. The Hall–Kier alpha value is -2.68. The quantitative estimate of drug-likeness (QED) is 0.632. The molecular weight excluding hydrogens is 418 g/mol. The van der Waals surface area contributed by atoms with Gasteiger partial charge in [-0.1, -0.05) is 29.3 Å². The summed E-state index contributed by atoms with van der Waals surface area (Å²) in [4.78, 5) is 11.2. The number of anilines is 2. The maximum Gasteiger partial charge on any atom is 0.150 e. The summed E-state index contributed by atoms with van der Waals surface area (Å²) in [5, 5.41) is 10.7. The van der Waals surface area contributed by atoms with E-state index in [1.165, 1.54) is 6.07 Å². The molecule has 2 aromatic heterocycles. The fraction of sp³-hybridized carbons (Fsp3) is 0.211. The molecule has 2 aliphatic heterocycles. The predicted molar refractivity (Wildman–Crippen MR) is 111 cm³/mol. The number of rotatable bonds is 2.